The zero-order valence-corrected chi connectivity index (χ0v) is 8.18. The molecule has 1 fully saturated rings. The van der Waals surface area contributed by atoms with Gasteiger partial charge in [0.15, 0.2) is 0 Å². The molecule has 0 aromatic rings. The summed E-state index contributed by atoms with van der Waals surface area (Å²) in [4.78, 5) is 13.3. The van der Waals surface area contributed by atoms with Crippen LogP contribution in [-0.4, -0.2) is 37.0 Å². The minimum atomic E-state index is 0.215. The summed E-state index contributed by atoms with van der Waals surface area (Å²) in [5.41, 5.74) is 0.215. The Balaban J connectivity index is 2.45. The summed E-state index contributed by atoms with van der Waals surface area (Å²) in [6.07, 6.45) is 0. The maximum Gasteiger partial charge on any atom is 0.236 e. The topological polar surface area (TPSA) is 32.3 Å². The molecule has 0 atom stereocenters. The van der Waals surface area contributed by atoms with Gasteiger partial charge >= 0.3 is 0 Å². The van der Waals surface area contributed by atoms with Gasteiger partial charge < -0.3 is 10.2 Å². The average Bonchev–Trinajstić information content (AvgIpc) is 1.91. The van der Waals surface area contributed by atoms with Crippen LogP contribution in [0, 0.1) is 5.41 Å². The molecule has 0 radical (unpaired) electrons. The van der Waals surface area contributed by atoms with Gasteiger partial charge in [-0.25, -0.2) is 0 Å². The van der Waals surface area contributed by atoms with Crippen LogP contribution in [0.25, 0.3) is 0 Å². The number of hydrogen-bond acceptors (Lipinski definition) is 2. The predicted molar refractivity (Wildman–Crippen MR) is 48.9 cm³/mol. The molecule has 0 bridgehead atoms. The van der Waals surface area contributed by atoms with E-state index in [-0.39, 0.29) is 11.3 Å². The molecule has 0 aliphatic carbocycles. The lowest BCUT2D eigenvalue weighted by Crippen LogP contribution is -2.50. The summed E-state index contributed by atoms with van der Waals surface area (Å²) in [5.74, 6) is 0.233. The summed E-state index contributed by atoms with van der Waals surface area (Å²) < 4.78 is 0. The normalized spacial score (nSPS) is 19.9. The minimum absolute atomic E-state index is 0.215. The first-order valence-corrected chi connectivity index (χ1v) is 4.47. The first-order chi connectivity index (χ1) is 5.49. The highest BCUT2D eigenvalue weighted by atomic mass is 16.2. The molecule has 0 spiro atoms. The Hall–Kier alpha value is -0.570. The van der Waals surface area contributed by atoms with Crippen molar-refractivity contribution in [3.8, 4) is 0 Å². The van der Waals surface area contributed by atoms with Crippen LogP contribution < -0.4 is 5.32 Å². The fourth-order valence-corrected chi connectivity index (χ4v) is 1.39. The number of piperazine rings is 1. The highest BCUT2D eigenvalue weighted by molar-refractivity contribution is 5.79. The van der Waals surface area contributed by atoms with Crippen molar-refractivity contribution in [2.24, 2.45) is 5.41 Å². The molecule has 1 saturated heterocycles. The number of amides is 1. The van der Waals surface area contributed by atoms with E-state index in [1.807, 2.05) is 4.90 Å². The molecule has 0 aromatic heterocycles. The largest absolute Gasteiger partial charge is 0.340 e. The Morgan fingerprint density at radius 2 is 2.17 bits per heavy atom. The Morgan fingerprint density at radius 1 is 1.50 bits per heavy atom. The molecule has 0 aromatic carbocycles. The fourth-order valence-electron chi connectivity index (χ4n) is 1.39. The van der Waals surface area contributed by atoms with E-state index >= 15 is 0 Å². The molecule has 12 heavy (non-hydrogen) atoms. The highest BCUT2D eigenvalue weighted by Gasteiger charge is 2.22. The van der Waals surface area contributed by atoms with Crippen LogP contribution in [-0.2, 0) is 4.79 Å². The van der Waals surface area contributed by atoms with Gasteiger partial charge in [-0.05, 0) is 5.41 Å². The van der Waals surface area contributed by atoms with Gasteiger partial charge in [0.05, 0.1) is 6.54 Å². The summed E-state index contributed by atoms with van der Waals surface area (Å²) in [6.45, 7) is 9.63. The lowest BCUT2D eigenvalue weighted by molar-refractivity contribution is -0.133. The lowest BCUT2D eigenvalue weighted by Gasteiger charge is -2.33. The second kappa shape index (κ2) is 3.44. The van der Waals surface area contributed by atoms with E-state index in [1.54, 1.807) is 0 Å². The van der Waals surface area contributed by atoms with Gasteiger partial charge in [0, 0.05) is 19.6 Å². The Bertz CT molecular complexity index is 172. The summed E-state index contributed by atoms with van der Waals surface area (Å²) in [7, 11) is 0. The second-order valence-electron chi connectivity index (χ2n) is 4.55. The van der Waals surface area contributed by atoms with E-state index in [1.165, 1.54) is 0 Å². The van der Waals surface area contributed by atoms with E-state index in [2.05, 4.69) is 26.1 Å². The van der Waals surface area contributed by atoms with Crippen LogP contribution in [0.2, 0.25) is 0 Å². The number of carbonyl (C=O) groups is 1. The zero-order valence-electron chi connectivity index (χ0n) is 8.18. The van der Waals surface area contributed by atoms with Gasteiger partial charge in [-0.15, -0.1) is 0 Å². The van der Waals surface area contributed by atoms with Crippen LogP contribution in [0.15, 0.2) is 0 Å². The molecule has 0 saturated carbocycles. The smallest absolute Gasteiger partial charge is 0.236 e. The number of nitrogens with one attached hydrogen (secondary N) is 1. The number of hydrogen-bond donors (Lipinski definition) is 1. The highest BCUT2D eigenvalue weighted by Crippen LogP contribution is 2.15. The van der Waals surface area contributed by atoms with Crippen molar-refractivity contribution in [2.45, 2.75) is 20.8 Å². The average molecular weight is 170 g/mol. The molecule has 3 nitrogen and oxygen atoms in total. The van der Waals surface area contributed by atoms with Crippen molar-refractivity contribution in [1.29, 1.82) is 0 Å². The molecule has 3 heteroatoms. The summed E-state index contributed by atoms with van der Waals surface area (Å²) in [5, 5.41) is 3.06. The lowest BCUT2D eigenvalue weighted by atomic mass is 9.96. The van der Waals surface area contributed by atoms with Gasteiger partial charge in [0.2, 0.25) is 5.91 Å². The maximum absolute atomic E-state index is 11.3. The molecule has 1 rings (SSSR count). The van der Waals surface area contributed by atoms with Crippen molar-refractivity contribution < 1.29 is 4.79 Å². The fraction of sp³-hybridized carbons (Fsp3) is 0.889. The predicted octanol–water partition coefficient (Wildman–Crippen LogP) is 0.464. The summed E-state index contributed by atoms with van der Waals surface area (Å²) in [6, 6.07) is 0. The van der Waals surface area contributed by atoms with E-state index in [0.717, 1.165) is 19.6 Å². The summed E-state index contributed by atoms with van der Waals surface area (Å²) >= 11 is 0. The van der Waals surface area contributed by atoms with Crippen LogP contribution in [0.3, 0.4) is 0 Å². The van der Waals surface area contributed by atoms with Crippen molar-refractivity contribution in [1.82, 2.24) is 10.2 Å². The molecule has 70 valence electrons. The number of carbonyl (C=O) groups excluding carboxylic acids is 1. The monoisotopic (exact) mass is 170 g/mol. The molecular formula is C9H18N2O. The third-order valence-electron chi connectivity index (χ3n) is 1.85. The Morgan fingerprint density at radius 3 is 2.67 bits per heavy atom. The quantitative estimate of drug-likeness (QED) is 0.620. The van der Waals surface area contributed by atoms with Crippen molar-refractivity contribution in [3.05, 3.63) is 0 Å². The zero-order chi connectivity index (χ0) is 9.19. The van der Waals surface area contributed by atoms with E-state index in [0.29, 0.717) is 6.54 Å². The number of rotatable bonds is 1. The van der Waals surface area contributed by atoms with Gasteiger partial charge in [0.25, 0.3) is 0 Å². The molecule has 1 heterocycles. The molecule has 1 aliphatic rings. The third-order valence-corrected chi connectivity index (χ3v) is 1.85. The van der Waals surface area contributed by atoms with E-state index in [4.69, 9.17) is 0 Å². The maximum atomic E-state index is 11.3. The molecular weight excluding hydrogens is 152 g/mol. The van der Waals surface area contributed by atoms with Crippen LogP contribution in [0.5, 0.6) is 0 Å². The third kappa shape index (κ3) is 2.81. The van der Waals surface area contributed by atoms with E-state index < -0.39 is 0 Å². The van der Waals surface area contributed by atoms with Gasteiger partial charge in [-0.1, -0.05) is 20.8 Å². The van der Waals surface area contributed by atoms with Crippen molar-refractivity contribution in [3.63, 3.8) is 0 Å². The Kier molecular flexibility index (Phi) is 2.73. The van der Waals surface area contributed by atoms with Crippen molar-refractivity contribution in [2.75, 3.05) is 26.2 Å². The van der Waals surface area contributed by atoms with Gasteiger partial charge in [-0.2, -0.15) is 0 Å². The van der Waals surface area contributed by atoms with Crippen LogP contribution in [0.4, 0.5) is 0 Å². The molecule has 1 aliphatic heterocycles. The molecule has 1 N–H and O–H groups in total. The van der Waals surface area contributed by atoms with Crippen molar-refractivity contribution >= 4 is 5.91 Å². The minimum Gasteiger partial charge on any atom is -0.340 e. The van der Waals surface area contributed by atoms with Crippen LogP contribution in [0.1, 0.15) is 20.8 Å². The number of nitrogens with zero attached hydrogens (tertiary/aromatic N) is 1. The second-order valence-corrected chi connectivity index (χ2v) is 4.55. The van der Waals surface area contributed by atoms with Crippen LogP contribution >= 0.6 is 0 Å². The SMILES string of the molecule is CC(C)(C)CN1CCNCC1=O. The first-order valence-electron chi connectivity index (χ1n) is 4.47. The van der Waals surface area contributed by atoms with Gasteiger partial charge in [-0.3, -0.25) is 4.79 Å². The molecule has 0 unspecified atom stereocenters. The Labute approximate surface area is 74.1 Å². The van der Waals surface area contributed by atoms with Gasteiger partial charge in [0.1, 0.15) is 0 Å². The molecule has 1 amide bonds. The standard InChI is InChI=1S/C9H18N2O/c1-9(2,3)7-11-5-4-10-6-8(11)12/h10H,4-7H2,1-3H3. The van der Waals surface area contributed by atoms with E-state index in [9.17, 15) is 4.79 Å². The first kappa shape index (κ1) is 9.52.